The molecule has 0 unspecified atom stereocenters. The van der Waals surface area contributed by atoms with Gasteiger partial charge in [-0.05, 0) is 18.1 Å². The highest BCUT2D eigenvalue weighted by Crippen LogP contribution is 2.31. The standard InChI is InChI=1S/C14H12F2O/c1-9-5-3-4-6-11(9)14-12(15)7-10(17-2)8-13(14)16/h3-8H,1-2H3. The van der Waals surface area contributed by atoms with Gasteiger partial charge in [0, 0.05) is 12.1 Å². The van der Waals surface area contributed by atoms with Crippen molar-refractivity contribution in [3.8, 4) is 16.9 Å². The Kier molecular flexibility index (Phi) is 3.09. The minimum Gasteiger partial charge on any atom is -0.497 e. The second-order valence-corrected chi connectivity index (χ2v) is 3.78. The minimum atomic E-state index is -0.615. The van der Waals surface area contributed by atoms with Crippen LogP contribution < -0.4 is 4.74 Å². The molecule has 0 radical (unpaired) electrons. The molecule has 17 heavy (non-hydrogen) atoms. The number of benzene rings is 2. The Labute approximate surface area is 98.7 Å². The number of aryl methyl sites for hydroxylation is 1. The van der Waals surface area contributed by atoms with Crippen molar-refractivity contribution < 1.29 is 13.5 Å². The van der Waals surface area contributed by atoms with Crippen molar-refractivity contribution in [2.24, 2.45) is 0 Å². The van der Waals surface area contributed by atoms with E-state index >= 15 is 0 Å². The molecule has 0 fully saturated rings. The van der Waals surface area contributed by atoms with Crippen molar-refractivity contribution in [1.82, 2.24) is 0 Å². The molecule has 0 amide bonds. The molecule has 2 rings (SSSR count). The summed E-state index contributed by atoms with van der Waals surface area (Å²) in [4.78, 5) is 0. The van der Waals surface area contributed by atoms with Crippen molar-refractivity contribution in [2.75, 3.05) is 7.11 Å². The van der Waals surface area contributed by atoms with E-state index in [9.17, 15) is 8.78 Å². The second-order valence-electron chi connectivity index (χ2n) is 3.78. The van der Waals surface area contributed by atoms with Crippen LogP contribution in [0.3, 0.4) is 0 Å². The molecule has 0 bridgehead atoms. The summed E-state index contributed by atoms with van der Waals surface area (Å²) in [5, 5.41) is 0. The van der Waals surface area contributed by atoms with E-state index in [2.05, 4.69) is 0 Å². The molecule has 2 aromatic rings. The first-order valence-corrected chi connectivity index (χ1v) is 5.22. The van der Waals surface area contributed by atoms with E-state index in [1.165, 1.54) is 19.2 Å². The number of ether oxygens (including phenoxy) is 1. The van der Waals surface area contributed by atoms with Crippen molar-refractivity contribution in [3.63, 3.8) is 0 Å². The fourth-order valence-corrected chi connectivity index (χ4v) is 1.78. The van der Waals surface area contributed by atoms with Gasteiger partial charge in [0.1, 0.15) is 17.4 Å². The summed E-state index contributed by atoms with van der Waals surface area (Å²) in [6.07, 6.45) is 0. The number of halogens is 2. The van der Waals surface area contributed by atoms with Crippen LogP contribution in [0.5, 0.6) is 5.75 Å². The highest BCUT2D eigenvalue weighted by Gasteiger charge is 2.14. The van der Waals surface area contributed by atoms with Crippen molar-refractivity contribution in [1.29, 1.82) is 0 Å². The van der Waals surface area contributed by atoms with Crippen LogP contribution >= 0.6 is 0 Å². The second kappa shape index (κ2) is 4.53. The van der Waals surface area contributed by atoms with Crippen LogP contribution in [0.25, 0.3) is 11.1 Å². The van der Waals surface area contributed by atoms with Gasteiger partial charge in [-0.1, -0.05) is 24.3 Å². The lowest BCUT2D eigenvalue weighted by atomic mass is 9.99. The first-order chi connectivity index (χ1) is 8.13. The normalized spacial score (nSPS) is 10.4. The molecule has 2 aromatic carbocycles. The predicted octanol–water partition coefficient (Wildman–Crippen LogP) is 3.95. The Hall–Kier alpha value is -1.90. The average Bonchev–Trinajstić information content (AvgIpc) is 2.30. The van der Waals surface area contributed by atoms with Gasteiger partial charge in [-0.25, -0.2) is 8.78 Å². The van der Waals surface area contributed by atoms with Crippen molar-refractivity contribution in [3.05, 3.63) is 53.6 Å². The van der Waals surface area contributed by atoms with E-state index < -0.39 is 11.6 Å². The van der Waals surface area contributed by atoms with Gasteiger partial charge >= 0.3 is 0 Å². The van der Waals surface area contributed by atoms with Crippen molar-refractivity contribution in [2.45, 2.75) is 6.92 Å². The maximum atomic E-state index is 13.8. The lowest BCUT2D eigenvalue weighted by molar-refractivity contribution is 0.407. The minimum absolute atomic E-state index is 0.0103. The Morgan fingerprint density at radius 2 is 1.59 bits per heavy atom. The zero-order valence-electron chi connectivity index (χ0n) is 9.63. The summed E-state index contributed by atoms with van der Waals surface area (Å²) in [6, 6.07) is 9.47. The van der Waals surface area contributed by atoms with Gasteiger partial charge in [0.15, 0.2) is 0 Å². The maximum Gasteiger partial charge on any atom is 0.137 e. The lowest BCUT2D eigenvalue weighted by Crippen LogP contribution is -1.94. The van der Waals surface area contributed by atoms with Crippen LogP contribution in [0.15, 0.2) is 36.4 Å². The molecule has 0 saturated carbocycles. The Morgan fingerprint density at radius 1 is 1.00 bits per heavy atom. The molecule has 0 aliphatic rings. The van der Waals surface area contributed by atoms with E-state index in [-0.39, 0.29) is 11.3 Å². The van der Waals surface area contributed by atoms with Crippen LogP contribution in [0, 0.1) is 18.6 Å². The van der Waals surface area contributed by atoms with Crippen LogP contribution in [-0.2, 0) is 0 Å². The zero-order valence-corrected chi connectivity index (χ0v) is 9.63. The number of methoxy groups -OCH3 is 1. The highest BCUT2D eigenvalue weighted by molar-refractivity contribution is 5.69. The molecule has 88 valence electrons. The molecule has 0 heterocycles. The summed E-state index contributed by atoms with van der Waals surface area (Å²) >= 11 is 0. The molecular weight excluding hydrogens is 222 g/mol. The monoisotopic (exact) mass is 234 g/mol. The molecular formula is C14H12F2O. The maximum absolute atomic E-state index is 13.8. The van der Waals surface area contributed by atoms with Crippen molar-refractivity contribution >= 4 is 0 Å². The summed E-state index contributed by atoms with van der Waals surface area (Å²) in [5.74, 6) is -1.05. The topological polar surface area (TPSA) is 9.23 Å². The molecule has 0 saturated heterocycles. The van der Waals surface area contributed by atoms with Gasteiger partial charge in [-0.15, -0.1) is 0 Å². The number of hydrogen-bond acceptors (Lipinski definition) is 1. The molecule has 0 spiro atoms. The van der Waals surface area contributed by atoms with Gasteiger partial charge in [0.2, 0.25) is 0 Å². The molecule has 0 N–H and O–H groups in total. The van der Waals surface area contributed by atoms with Crippen LogP contribution in [0.4, 0.5) is 8.78 Å². The molecule has 0 aliphatic heterocycles. The third kappa shape index (κ3) is 2.13. The largest absolute Gasteiger partial charge is 0.497 e. The third-order valence-electron chi connectivity index (χ3n) is 2.67. The fourth-order valence-electron chi connectivity index (χ4n) is 1.78. The van der Waals surface area contributed by atoms with E-state index in [1.54, 1.807) is 12.1 Å². The van der Waals surface area contributed by atoms with Gasteiger partial charge in [0.25, 0.3) is 0 Å². The van der Waals surface area contributed by atoms with Crippen LogP contribution in [0.2, 0.25) is 0 Å². The van der Waals surface area contributed by atoms with Gasteiger partial charge in [-0.3, -0.25) is 0 Å². The van der Waals surface area contributed by atoms with Crippen LogP contribution in [-0.4, -0.2) is 7.11 Å². The average molecular weight is 234 g/mol. The third-order valence-corrected chi connectivity index (χ3v) is 2.67. The number of rotatable bonds is 2. The summed E-state index contributed by atoms with van der Waals surface area (Å²) in [6.45, 7) is 1.82. The summed E-state index contributed by atoms with van der Waals surface area (Å²) < 4.78 is 32.5. The smallest absolute Gasteiger partial charge is 0.137 e. The van der Waals surface area contributed by atoms with Gasteiger partial charge in [-0.2, -0.15) is 0 Å². The lowest BCUT2D eigenvalue weighted by Gasteiger charge is -2.10. The summed E-state index contributed by atoms with van der Waals surface area (Å²) in [5.41, 5.74) is 1.38. The molecule has 3 heteroatoms. The first kappa shape index (κ1) is 11.6. The Balaban J connectivity index is 2.64. The summed E-state index contributed by atoms with van der Waals surface area (Å²) in [7, 11) is 1.38. The zero-order chi connectivity index (χ0) is 12.4. The molecule has 0 aromatic heterocycles. The Bertz CT molecular complexity index is 527. The Morgan fingerprint density at radius 3 is 2.12 bits per heavy atom. The first-order valence-electron chi connectivity index (χ1n) is 5.22. The van der Waals surface area contributed by atoms with Gasteiger partial charge in [0.05, 0.1) is 12.7 Å². The molecule has 0 aliphatic carbocycles. The quantitative estimate of drug-likeness (QED) is 0.764. The molecule has 1 nitrogen and oxygen atoms in total. The molecule has 0 atom stereocenters. The SMILES string of the molecule is COc1cc(F)c(-c2ccccc2C)c(F)c1. The fraction of sp³-hybridized carbons (Fsp3) is 0.143. The predicted molar refractivity (Wildman–Crippen MR) is 63.1 cm³/mol. The highest BCUT2D eigenvalue weighted by atomic mass is 19.1. The van der Waals surface area contributed by atoms with Gasteiger partial charge < -0.3 is 4.74 Å². The van der Waals surface area contributed by atoms with E-state index in [1.807, 2.05) is 19.1 Å². The van der Waals surface area contributed by atoms with Crippen LogP contribution in [0.1, 0.15) is 5.56 Å². The van der Waals surface area contributed by atoms with E-state index in [0.29, 0.717) is 5.56 Å². The van der Waals surface area contributed by atoms with E-state index in [0.717, 1.165) is 5.56 Å². The number of hydrogen-bond donors (Lipinski definition) is 0. The van der Waals surface area contributed by atoms with E-state index in [4.69, 9.17) is 4.74 Å².